The minimum Gasteiger partial charge on any atom is -0.508 e. The Morgan fingerprint density at radius 1 is 1.04 bits per heavy atom. The zero-order chi connectivity index (χ0) is 16.6. The first-order chi connectivity index (χ1) is 10.7. The van der Waals surface area contributed by atoms with Crippen molar-refractivity contribution in [2.75, 3.05) is 0 Å². The number of fused-ring (bicyclic) bond motifs is 4. The summed E-state index contributed by atoms with van der Waals surface area (Å²) in [6, 6.07) is 5.98. The van der Waals surface area contributed by atoms with Crippen molar-refractivity contribution in [3.05, 3.63) is 41.0 Å². The number of allylic oxidation sites excluding steroid dienone is 1. The lowest BCUT2D eigenvalue weighted by Gasteiger charge is -2.34. The monoisotopic (exact) mass is 312 g/mol. The van der Waals surface area contributed by atoms with Crippen LogP contribution in [0.15, 0.2) is 29.8 Å². The van der Waals surface area contributed by atoms with Crippen LogP contribution in [0.4, 0.5) is 0 Å². The second-order valence-electron chi connectivity index (χ2n) is 9.38. The van der Waals surface area contributed by atoms with Crippen LogP contribution < -0.4 is 0 Å². The molecule has 0 aliphatic heterocycles. The van der Waals surface area contributed by atoms with Crippen molar-refractivity contribution in [3.63, 3.8) is 0 Å². The van der Waals surface area contributed by atoms with E-state index >= 15 is 0 Å². The van der Waals surface area contributed by atoms with Gasteiger partial charge in [-0.2, -0.15) is 0 Å². The molecule has 3 aliphatic rings. The lowest BCUT2D eigenvalue weighted by atomic mass is 9.71. The second-order valence-corrected chi connectivity index (χ2v) is 9.38. The molecule has 1 aromatic carbocycles. The maximum Gasteiger partial charge on any atom is 0.115 e. The standard InChI is InChI=1S/C21H28O2/c1-19(2)11-21(15-7-5-13(22)9-17(15)19)12-20(3,4)18-10-14(23)6-8-16(18)21/h5,7-9,14,18,22-23H,6,10-12H2,1-4H3. The van der Waals surface area contributed by atoms with Gasteiger partial charge in [0.1, 0.15) is 5.75 Å². The molecule has 4 rings (SSSR count). The number of aromatic hydroxyl groups is 1. The highest BCUT2D eigenvalue weighted by Gasteiger charge is 2.60. The highest BCUT2D eigenvalue weighted by Crippen LogP contribution is 2.67. The minimum atomic E-state index is -0.188. The molecule has 0 saturated heterocycles. The lowest BCUT2D eigenvalue weighted by Crippen LogP contribution is -2.29. The van der Waals surface area contributed by atoms with E-state index in [1.807, 2.05) is 12.1 Å². The molecule has 1 saturated carbocycles. The molecular weight excluding hydrogens is 284 g/mol. The second kappa shape index (κ2) is 4.42. The fraction of sp³-hybridized carbons (Fsp3) is 0.619. The third kappa shape index (κ3) is 1.97. The Kier molecular flexibility index (Phi) is 2.93. The van der Waals surface area contributed by atoms with Crippen LogP contribution in [0.3, 0.4) is 0 Å². The summed E-state index contributed by atoms with van der Waals surface area (Å²) in [6.07, 6.45) is 6.09. The molecule has 3 aliphatic carbocycles. The number of benzene rings is 1. The van der Waals surface area contributed by atoms with Crippen molar-refractivity contribution in [1.82, 2.24) is 0 Å². The number of hydrogen-bond acceptors (Lipinski definition) is 2. The number of aliphatic hydroxyl groups excluding tert-OH is 1. The van der Waals surface area contributed by atoms with Crippen LogP contribution in [-0.2, 0) is 10.8 Å². The average Bonchev–Trinajstić information content (AvgIpc) is 2.79. The molecule has 0 amide bonds. The van der Waals surface area contributed by atoms with Gasteiger partial charge in [-0.3, -0.25) is 0 Å². The molecule has 2 N–H and O–H groups in total. The number of phenols is 1. The molecule has 0 radical (unpaired) electrons. The highest BCUT2D eigenvalue weighted by molar-refractivity contribution is 5.56. The van der Waals surface area contributed by atoms with Gasteiger partial charge in [0.2, 0.25) is 0 Å². The van der Waals surface area contributed by atoms with Crippen LogP contribution in [-0.4, -0.2) is 16.3 Å². The van der Waals surface area contributed by atoms with E-state index in [-0.39, 0.29) is 22.3 Å². The maximum absolute atomic E-state index is 10.2. The molecule has 1 fully saturated rings. The van der Waals surface area contributed by atoms with Crippen molar-refractivity contribution in [2.24, 2.45) is 11.3 Å². The molecule has 0 aromatic heterocycles. The Morgan fingerprint density at radius 3 is 2.52 bits per heavy atom. The molecule has 3 unspecified atom stereocenters. The van der Waals surface area contributed by atoms with Crippen LogP contribution in [0, 0.1) is 11.3 Å². The third-order valence-corrected chi connectivity index (χ3v) is 6.74. The van der Waals surface area contributed by atoms with Gasteiger partial charge in [0.15, 0.2) is 0 Å². The van der Waals surface area contributed by atoms with E-state index in [0.717, 1.165) is 25.7 Å². The van der Waals surface area contributed by atoms with Crippen molar-refractivity contribution >= 4 is 0 Å². The molecule has 0 bridgehead atoms. The molecule has 23 heavy (non-hydrogen) atoms. The van der Waals surface area contributed by atoms with E-state index < -0.39 is 0 Å². The fourth-order valence-electron chi connectivity index (χ4n) is 6.04. The summed E-state index contributed by atoms with van der Waals surface area (Å²) in [5.74, 6) is 0.845. The zero-order valence-corrected chi connectivity index (χ0v) is 14.7. The fourth-order valence-corrected chi connectivity index (χ4v) is 6.04. The largest absolute Gasteiger partial charge is 0.508 e. The van der Waals surface area contributed by atoms with Gasteiger partial charge in [-0.25, -0.2) is 0 Å². The first-order valence-electron chi connectivity index (χ1n) is 8.88. The first kappa shape index (κ1) is 15.3. The Morgan fingerprint density at radius 2 is 1.78 bits per heavy atom. The van der Waals surface area contributed by atoms with E-state index in [4.69, 9.17) is 0 Å². The highest BCUT2D eigenvalue weighted by atomic mass is 16.3. The summed E-state index contributed by atoms with van der Waals surface area (Å²) in [7, 11) is 0. The predicted molar refractivity (Wildman–Crippen MR) is 92.6 cm³/mol. The first-order valence-corrected chi connectivity index (χ1v) is 8.88. The van der Waals surface area contributed by atoms with Crippen molar-refractivity contribution in [3.8, 4) is 5.75 Å². The predicted octanol–water partition coefficient (Wildman–Crippen LogP) is 4.44. The summed E-state index contributed by atoms with van der Waals surface area (Å²) in [5, 5.41) is 20.2. The quantitative estimate of drug-likeness (QED) is 0.695. The molecule has 2 nitrogen and oxygen atoms in total. The summed E-state index contributed by atoms with van der Waals surface area (Å²) >= 11 is 0. The van der Waals surface area contributed by atoms with Crippen LogP contribution >= 0.6 is 0 Å². The van der Waals surface area contributed by atoms with Crippen molar-refractivity contribution < 1.29 is 10.2 Å². The average molecular weight is 312 g/mol. The SMILES string of the molecule is CC1(C)CC2(CC(C)(C)C3CC(O)CC=C32)c2ccc(O)cc21. The van der Waals surface area contributed by atoms with Gasteiger partial charge < -0.3 is 10.2 Å². The normalized spacial score (nSPS) is 36.7. The summed E-state index contributed by atoms with van der Waals surface area (Å²) in [6.45, 7) is 9.34. The molecule has 124 valence electrons. The van der Waals surface area contributed by atoms with Crippen molar-refractivity contribution in [2.45, 2.75) is 70.3 Å². The van der Waals surface area contributed by atoms with Gasteiger partial charge in [0.05, 0.1) is 6.10 Å². The Labute approximate surface area is 139 Å². The maximum atomic E-state index is 10.2. The minimum absolute atomic E-state index is 0.0793. The lowest BCUT2D eigenvalue weighted by molar-refractivity contribution is 0.114. The van der Waals surface area contributed by atoms with Crippen LogP contribution in [0.1, 0.15) is 64.5 Å². The Bertz CT molecular complexity index is 698. The van der Waals surface area contributed by atoms with Gasteiger partial charge in [0.25, 0.3) is 0 Å². The van der Waals surface area contributed by atoms with Gasteiger partial charge in [-0.1, -0.05) is 45.4 Å². The smallest absolute Gasteiger partial charge is 0.115 e. The number of rotatable bonds is 0. The summed E-state index contributed by atoms with van der Waals surface area (Å²) in [4.78, 5) is 0. The van der Waals surface area contributed by atoms with Crippen LogP contribution in [0.25, 0.3) is 0 Å². The molecule has 1 aromatic rings. The van der Waals surface area contributed by atoms with Crippen LogP contribution in [0.5, 0.6) is 5.75 Å². The number of phenolic OH excluding ortho intramolecular Hbond substituents is 1. The number of aliphatic hydroxyl groups is 1. The van der Waals surface area contributed by atoms with Gasteiger partial charge >= 0.3 is 0 Å². The molecule has 3 atom stereocenters. The Balaban J connectivity index is 1.93. The molecule has 2 heteroatoms. The van der Waals surface area contributed by atoms with E-state index in [2.05, 4.69) is 39.8 Å². The van der Waals surface area contributed by atoms with E-state index in [1.54, 1.807) is 5.57 Å². The van der Waals surface area contributed by atoms with Gasteiger partial charge in [-0.05, 0) is 65.7 Å². The third-order valence-electron chi connectivity index (χ3n) is 6.74. The molecule has 0 heterocycles. The van der Waals surface area contributed by atoms with Crippen molar-refractivity contribution in [1.29, 1.82) is 0 Å². The zero-order valence-electron chi connectivity index (χ0n) is 14.7. The van der Waals surface area contributed by atoms with Crippen LogP contribution in [0.2, 0.25) is 0 Å². The van der Waals surface area contributed by atoms with Gasteiger partial charge in [0, 0.05) is 5.41 Å². The van der Waals surface area contributed by atoms with E-state index in [0.29, 0.717) is 11.7 Å². The number of hydrogen-bond donors (Lipinski definition) is 2. The molecular formula is C21H28O2. The van der Waals surface area contributed by atoms with Gasteiger partial charge in [-0.15, -0.1) is 0 Å². The topological polar surface area (TPSA) is 40.5 Å². The van der Waals surface area contributed by atoms with E-state index in [9.17, 15) is 10.2 Å². The van der Waals surface area contributed by atoms with E-state index in [1.165, 1.54) is 11.1 Å². The Hall–Kier alpha value is -1.28. The molecule has 1 spiro atoms. The summed E-state index contributed by atoms with van der Waals surface area (Å²) < 4.78 is 0. The summed E-state index contributed by atoms with van der Waals surface area (Å²) in [5.41, 5.74) is 4.67.